The molecule has 2 aromatic rings. The van der Waals surface area contributed by atoms with Crippen molar-refractivity contribution in [3.8, 4) is 6.07 Å². The Balaban J connectivity index is 2.33. The van der Waals surface area contributed by atoms with Crippen LogP contribution < -0.4 is 5.32 Å². The third kappa shape index (κ3) is 3.82. The van der Waals surface area contributed by atoms with E-state index in [1.165, 1.54) is 32.2 Å². The van der Waals surface area contributed by atoms with Crippen molar-refractivity contribution in [1.29, 1.82) is 5.26 Å². The minimum absolute atomic E-state index is 0.0473. The number of aromatic nitrogens is 2. The number of nitrogens with one attached hydrogen (secondary N) is 1. The average Bonchev–Trinajstić information content (AvgIpc) is 2.86. The average molecular weight is 419 g/mol. The second kappa shape index (κ2) is 6.48. The normalized spacial score (nSPS) is 11.9. The molecule has 0 atom stereocenters. The van der Waals surface area contributed by atoms with Gasteiger partial charge in [0.05, 0.1) is 21.7 Å². The lowest BCUT2D eigenvalue weighted by Gasteiger charge is -2.24. The lowest BCUT2D eigenvalue weighted by Crippen LogP contribution is -2.40. The molecule has 0 fully saturated rings. The van der Waals surface area contributed by atoms with Gasteiger partial charge < -0.3 is 5.32 Å². The number of halogens is 5. The number of alkyl halides is 3. The Morgan fingerprint density at radius 1 is 1.36 bits per heavy atom. The van der Waals surface area contributed by atoms with Gasteiger partial charge in [0.15, 0.2) is 0 Å². The number of hydrogen-bond acceptors (Lipinski definition) is 3. The second-order valence-electron chi connectivity index (χ2n) is 5.60. The quantitative estimate of drug-likeness (QED) is 0.764. The molecule has 0 aliphatic heterocycles. The Morgan fingerprint density at radius 3 is 2.48 bits per heavy atom. The van der Waals surface area contributed by atoms with E-state index in [1.807, 2.05) is 0 Å². The third-order valence-corrected chi connectivity index (χ3v) is 3.99. The maximum Gasteiger partial charge on any atom is 0.417 e. The van der Waals surface area contributed by atoms with Crippen molar-refractivity contribution in [3.05, 3.63) is 45.9 Å². The Bertz CT molecular complexity index is 848. The van der Waals surface area contributed by atoms with Crippen molar-refractivity contribution < 1.29 is 22.4 Å². The summed E-state index contributed by atoms with van der Waals surface area (Å²) in [5.41, 5.74) is -3.23. The maximum absolute atomic E-state index is 13.4. The van der Waals surface area contributed by atoms with Crippen LogP contribution in [0.3, 0.4) is 0 Å². The van der Waals surface area contributed by atoms with Crippen LogP contribution in [0.1, 0.15) is 25.0 Å². The summed E-state index contributed by atoms with van der Waals surface area (Å²) in [6, 6.07) is 4.28. The van der Waals surface area contributed by atoms with Gasteiger partial charge in [0.25, 0.3) is 5.91 Å². The minimum Gasteiger partial charge on any atom is -0.324 e. The van der Waals surface area contributed by atoms with E-state index >= 15 is 0 Å². The highest BCUT2D eigenvalue weighted by molar-refractivity contribution is 9.10. The molecule has 0 bridgehead atoms. The number of anilines is 1. The highest BCUT2D eigenvalue weighted by Gasteiger charge is 2.35. The van der Waals surface area contributed by atoms with Gasteiger partial charge in [-0.05, 0) is 48.0 Å². The lowest BCUT2D eigenvalue weighted by molar-refractivity contribution is -0.137. The molecule has 1 aromatic carbocycles. The molecule has 2 rings (SSSR count). The number of nitriles is 1. The molecule has 0 saturated carbocycles. The first-order valence-electron chi connectivity index (χ1n) is 6.80. The molecule has 0 aliphatic rings. The van der Waals surface area contributed by atoms with Crippen LogP contribution in [-0.4, -0.2) is 15.7 Å². The van der Waals surface area contributed by atoms with Gasteiger partial charge in [-0.2, -0.15) is 22.8 Å². The molecule has 1 amide bonds. The molecule has 0 aliphatic carbocycles. The minimum atomic E-state index is -4.74. The molecule has 10 heteroatoms. The number of nitrogens with zero attached hydrogens (tertiary/aromatic N) is 3. The van der Waals surface area contributed by atoms with Crippen molar-refractivity contribution in [2.75, 3.05) is 5.32 Å². The van der Waals surface area contributed by atoms with Gasteiger partial charge in [-0.3, -0.25) is 9.48 Å². The molecule has 0 saturated heterocycles. The molecular weight excluding hydrogens is 408 g/mol. The van der Waals surface area contributed by atoms with Gasteiger partial charge in [0.1, 0.15) is 5.54 Å². The summed E-state index contributed by atoms with van der Waals surface area (Å²) in [5.74, 6) is -1.53. The third-order valence-electron chi connectivity index (χ3n) is 3.46. The molecule has 0 unspecified atom stereocenters. The molecule has 25 heavy (non-hydrogen) atoms. The zero-order valence-corrected chi connectivity index (χ0v) is 14.5. The fourth-order valence-electron chi connectivity index (χ4n) is 1.96. The standard InChI is InChI=1S/C15H11BrF4N4O/c1-14(2,24-7-11(16)12(17)23-24)13(25)22-9-4-3-8(6-21)10(5-9)15(18,19)20/h3-5,7H,1-2H3,(H,22,25). The van der Waals surface area contributed by atoms with Crippen molar-refractivity contribution in [2.45, 2.75) is 25.6 Å². The number of carbonyl (C=O) groups excluding carboxylic acids is 1. The fraction of sp³-hybridized carbons (Fsp3) is 0.267. The summed E-state index contributed by atoms with van der Waals surface area (Å²) in [6.07, 6.45) is -3.49. The van der Waals surface area contributed by atoms with E-state index in [-0.39, 0.29) is 10.2 Å². The van der Waals surface area contributed by atoms with Gasteiger partial charge in [0.2, 0.25) is 5.95 Å². The fourth-order valence-corrected chi connectivity index (χ4v) is 2.23. The van der Waals surface area contributed by atoms with Crippen LogP contribution in [0.15, 0.2) is 28.9 Å². The second-order valence-corrected chi connectivity index (χ2v) is 6.45. The summed E-state index contributed by atoms with van der Waals surface area (Å²) in [6.45, 7) is 2.85. The van der Waals surface area contributed by atoms with Crippen LogP contribution in [0.2, 0.25) is 0 Å². The Labute approximate surface area is 148 Å². The van der Waals surface area contributed by atoms with Crippen molar-refractivity contribution >= 4 is 27.5 Å². The molecule has 1 aromatic heterocycles. The molecule has 5 nitrogen and oxygen atoms in total. The summed E-state index contributed by atoms with van der Waals surface area (Å²) in [5, 5.41) is 14.6. The van der Waals surface area contributed by atoms with Gasteiger partial charge in [-0.15, -0.1) is 5.10 Å². The molecule has 0 spiro atoms. The molecule has 132 valence electrons. The van der Waals surface area contributed by atoms with Crippen LogP contribution >= 0.6 is 15.9 Å². The first kappa shape index (κ1) is 18.9. The van der Waals surface area contributed by atoms with Crippen molar-refractivity contribution in [3.63, 3.8) is 0 Å². The van der Waals surface area contributed by atoms with Gasteiger partial charge in [-0.1, -0.05) is 0 Å². The summed E-state index contributed by atoms with van der Waals surface area (Å²) >= 11 is 2.93. The van der Waals surface area contributed by atoms with Gasteiger partial charge in [0, 0.05) is 11.9 Å². The van der Waals surface area contributed by atoms with E-state index < -0.39 is 34.7 Å². The first-order valence-corrected chi connectivity index (χ1v) is 7.60. The predicted octanol–water partition coefficient (Wildman–Crippen LogP) is 4.05. The van der Waals surface area contributed by atoms with Crippen LogP contribution in [0.4, 0.5) is 23.2 Å². The maximum atomic E-state index is 13.4. The van der Waals surface area contributed by atoms with E-state index in [2.05, 4.69) is 26.3 Å². The van der Waals surface area contributed by atoms with Gasteiger partial charge in [-0.25, -0.2) is 0 Å². The topological polar surface area (TPSA) is 70.7 Å². The highest BCUT2D eigenvalue weighted by atomic mass is 79.9. The number of rotatable bonds is 3. The number of carbonyl (C=O) groups is 1. The molecular formula is C15H11BrF4N4O. The number of benzene rings is 1. The molecule has 1 heterocycles. The highest BCUT2D eigenvalue weighted by Crippen LogP contribution is 2.34. The number of amides is 1. The zero-order valence-electron chi connectivity index (χ0n) is 12.9. The first-order chi connectivity index (χ1) is 11.5. The lowest BCUT2D eigenvalue weighted by atomic mass is 10.0. The Morgan fingerprint density at radius 2 is 2.00 bits per heavy atom. The van der Waals surface area contributed by atoms with Crippen molar-refractivity contribution in [2.24, 2.45) is 0 Å². The van der Waals surface area contributed by atoms with E-state index in [4.69, 9.17) is 5.26 Å². The van der Waals surface area contributed by atoms with Crippen LogP contribution in [0.5, 0.6) is 0 Å². The van der Waals surface area contributed by atoms with Crippen LogP contribution in [0.25, 0.3) is 0 Å². The van der Waals surface area contributed by atoms with Crippen molar-refractivity contribution in [1.82, 2.24) is 9.78 Å². The summed E-state index contributed by atoms with van der Waals surface area (Å²) in [7, 11) is 0. The van der Waals surface area contributed by atoms with E-state index in [9.17, 15) is 22.4 Å². The molecule has 1 N–H and O–H groups in total. The van der Waals surface area contributed by atoms with E-state index in [0.29, 0.717) is 6.07 Å². The zero-order chi connectivity index (χ0) is 19.0. The Hall–Kier alpha value is -2.41. The van der Waals surface area contributed by atoms with E-state index in [0.717, 1.165) is 10.7 Å². The number of hydrogen-bond donors (Lipinski definition) is 1. The predicted molar refractivity (Wildman–Crippen MR) is 84.0 cm³/mol. The Kier molecular flexibility index (Phi) is 4.90. The van der Waals surface area contributed by atoms with Crippen LogP contribution in [-0.2, 0) is 16.5 Å². The van der Waals surface area contributed by atoms with Gasteiger partial charge >= 0.3 is 6.18 Å². The summed E-state index contributed by atoms with van der Waals surface area (Å²) < 4.78 is 53.4. The largest absolute Gasteiger partial charge is 0.417 e. The molecule has 0 radical (unpaired) electrons. The smallest absolute Gasteiger partial charge is 0.324 e. The SMILES string of the molecule is CC(C)(C(=O)Nc1ccc(C#N)c(C(F)(F)F)c1)n1cc(Br)c(F)n1. The van der Waals surface area contributed by atoms with E-state index in [1.54, 1.807) is 0 Å². The summed E-state index contributed by atoms with van der Waals surface area (Å²) in [4.78, 5) is 12.4. The monoisotopic (exact) mass is 418 g/mol. The van der Waals surface area contributed by atoms with Crippen LogP contribution in [0, 0.1) is 17.3 Å².